The molecule has 1 unspecified atom stereocenters. The van der Waals surface area contributed by atoms with Crippen molar-refractivity contribution < 1.29 is 9.18 Å². The summed E-state index contributed by atoms with van der Waals surface area (Å²) >= 11 is 0. The van der Waals surface area contributed by atoms with E-state index in [9.17, 15) is 9.18 Å². The average molecular weight is 392 g/mol. The standard InChI is InChI=1S/C21H21FN6O/c22-16-7-1-2-8-17(16)27(14-6-11-23)20(29)15-26-12-5-9-18(26)21-25-24-19-10-3-4-13-28(19)21/h1-4,7-8,10,13,18H,5-6,9,12,14-15H2. The lowest BCUT2D eigenvalue weighted by Crippen LogP contribution is -2.41. The maximum Gasteiger partial charge on any atom is 0.241 e. The lowest BCUT2D eigenvalue weighted by Gasteiger charge is -2.27. The number of likely N-dealkylation sites (tertiary alicyclic amines) is 1. The number of nitriles is 1. The molecule has 1 aliphatic heterocycles. The third kappa shape index (κ3) is 3.82. The van der Waals surface area contributed by atoms with E-state index in [0.717, 1.165) is 30.9 Å². The summed E-state index contributed by atoms with van der Waals surface area (Å²) in [6.45, 7) is 1.04. The van der Waals surface area contributed by atoms with Crippen molar-refractivity contribution in [2.24, 2.45) is 0 Å². The normalized spacial score (nSPS) is 16.8. The number of fused-ring (bicyclic) bond motifs is 1. The number of para-hydroxylation sites is 1. The maximum absolute atomic E-state index is 14.3. The summed E-state index contributed by atoms with van der Waals surface area (Å²) in [5.41, 5.74) is 0.971. The first-order chi connectivity index (χ1) is 14.2. The summed E-state index contributed by atoms with van der Waals surface area (Å²) in [6.07, 6.45) is 3.87. The van der Waals surface area contributed by atoms with Crippen LogP contribution in [-0.4, -0.2) is 45.0 Å². The number of amides is 1. The molecule has 4 rings (SSSR count). The molecule has 1 aliphatic rings. The van der Waals surface area contributed by atoms with Gasteiger partial charge in [0.1, 0.15) is 5.82 Å². The molecule has 8 heteroatoms. The Morgan fingerprint density at radius 2 is 2.07 bits per heavy atom. The van der Waals surface area contributed by atoms with E-state index in [-0.39, 0.29) is 37.1 Å². The van der Waals surface area contributed by atoms with Gasteiger partial charge in [0.05, 0.1) is 30.8 Å². The molecule has 0 spiro atoms. The number of aromatic nitrogens is 3. The molecule has 7 nitrogen and oxygen atoms in total. The number of rotatable bonds is 6. The van der Waals surface area contributed by atoms with Crippen LogP contribution in [0.3, 0.4) is 0 Å². The average Bonchev–Trinajstić information content (AvgIpc) is 3.36. The minimum absolute atomic E-state index is 0.0326. The smallest absolute Gasteiger partial charge is 0.241 e. The van der Waals surface area contributed by atoms with Crippen molar-refractivity contribution in [1.82, 2.24) is 19.5 Å². The molecule has 3 heterocycles. The van der Waals surface area contributed by atoms with E-state index in [1.807, 2.05) is 34.9 Å². The Kier molecular flexibility index (Phi) is 5.49. The highest BCUT2D eigenvalue weighted by Crippen LogP contribution is 2.31. The SMILES string of the molecule is N#CCCN(C(=O)CN1CCCC1c1nnc2ccccn12)c1ccccc1F. The topological polar surface area (TPSA) is 77.5 Å². The zero-order valence-corrected chi connectivity index (χ0v) is 15.9. The summed E-state index contributed by atoms with van der Waals surface area (Å²) < 4.78 is 16.2. The van der Waals surface area contributed by atoms with Crippen LogP contribution in [0.4, 0.5) is 10.1 Å². The molecule has 0 saturated carbocycles. The van der Waals surface area contributed by atoms with Gasteiger partial charge in [0.15, 0.2) is 11.5 Å². The molecule has 0 aliphatic carbocycles. The van der Waals surface area contributed by atoms with Crippen LogP contribution < -0.4 is 4.90 Å². The first kappa shape index (κ1) is 19.0. The molecule has 0 N–H and O–H groups in total. The van der Waals surface area contributed by atoms with Gasteiger partial charge in [-0.25, -0.2) is 4.39 Å². The number of halogens is 1. The number of anilines is 1. The molecule has 3 aromatic rings. The summed E-state index contributed by atoms with van der Waals surface area (Å²) in [6, 6.07) is 13.9. The third-order valence-corrected chi connectivity index (χ3v) is 5.23. The molecule has 2 aromatic heterocycles. The zero-order chi connectivity index (χ0) is 20.2. The molecular formula is C21H21FN6O. The van der Waals surface area contributed by atoms with Crippen molar-refractivity contribution >= 4 is 17.2 Å². The van der Waals surface area contributed by atoms with Crippen LogP contribution in [0, 0.1) is 17.1 Å². The van der Waals surface area contributed by atoms with Gasteiger partial charge in [-0.2, -0.15) is 5.26 Å². The van der Waals surface area contributed by atoms with Crippen molar-refractivity contribution in [2.75, 3.05) is 24.5 Å². The first-order valence-electron chi connectivity index (χ1n) is 9.64. The van der Waals surface area contributed by atoms with E-state index < -0.39 is 5.82 Å². The number of pyridine rings is 1. The molecule has 1 amide bonds. The van der Waals surface area contributed by atoms with Crippen molar-refractivity contribution in [2.45, 2.75) is 25.3 Å². The number of carbonyl (C=O) groups is 1. The molecular weight excluding hydrogens is 371 g/mol. The highest BCUT2D eigenvalue weighted by molar-refractivity contribution is 5.95. The molecule has 1 saturated heterocycles. The van der Waals surface area contributed by atoms with Crippen LogP contribution >= 0.6 is 0 Å². The number of benzene rings is 1. The Hall–Kier alpha value is -3.31. The highest BCUT2D eigenvalue weighted by atomic mass is 19.1. The Labute approximate surface area is 168 Å². The highest BCUT2D eigenvalue weighted by Gasteiger charge is 2.32. The van der Waals surface area contributed by atoms with E-state index in [1.54, 1.807) is 18.2 Å². The maximum atomic E-state index is 14.3. The minimum atomic E-state index is -0.472. The first-order valence-corrected chi connectivity index (χ1v) is 9.64. The summed E-state index contributed by atoms with van der Waals surface area (Å²) in [5, 5.41) is 17.5. The Bertz CT molecular complexity index is 1060. The van der Waals surface area contributed by atoms with Crippen LogP contribution in [0.15, 0.2) is 48.7 Å². The van der Waals surface area contributed by atoms with E-state index in [2.05, 4.69) is 15.1 Å². The van der Waals surface area contributed by atoms with Crippen molar-refractivity contribution in [3.8, 4) is 6.07 Å². The predicted octanol–water partition coefficient (Wildman–Crippen LogP) is 2.95. The Balaban J connectivity index is 1.57. The van der Waals surface area contributed by atoms with Crippen molar-refractivity contribution in [3.63, 3.8) is 0 Å². The predicted molar refractivity (Wildman–Crippen MR) is 106 cm³/mol. The van der Waals surface area contributed by atoms with Crippen LogP contribution in [-0.2, 0) is 4.79 Å². The van der Waals surface area contributed by atoms with Gasteiger partial charge in [-0.1, -0.05) is 18.2 Å². The van der Waals surface area contributed by atoms with Gasteiger partial charge in [-0.05, 0) is 43.7 Å². The lowest BCUT2D eigenvalue weighted by atomic mass is 10.2. The van der Waals surface area contributed by atoms with E-state index in [1.165, 1.54) is 11.0 Å². The van der Waals surface area contributed by atoms with E-state index in [4.69, 9.17) is 5.26 Å². The number of nitrogens with zero attached hydrogens (tertiary/aromatic N) is 6. The Morgan fingerprint density at radius 3 is 2.90 bits per heavy atom. The molecule has 1 aromatic carbocycles. The fourth-order valence-corrected chi connectivity index (χ4v) is 3.87. The molecule has 1 fully saturated rings. The van der Waals surface area contributed by atoms with Gasteiger partial charge in [0.2, 0.25) is 5.91 Å². The van der Waals surface area contributed by atoms with Gasteiger partial charge in [-0.3, -0.25) is 14.1 Å². The zero-order valence-electron chi connectivity index (χ0n) is 15.9. The second kappa shape index (κ2) is 8.37. The van der Waals surface area contributed by atoms with Crippen molar-refractivity contribution in [1.29, 1.82) is 5.26 Å². The fraction of sp³-hybridized carbons (Fsp3) is 0.333. The van der Waals surface area contributed by atoms with E-state index in [0.29, 0.717) is 0 Å². The van der Waals surface area contributed by atoms with Gasteiger partial charge in [0, 0.05) is 12.7 Å². The summed E-state index contributed by atoms with van der Waals surface area (Å²) in [5.74, 6) is 0.103. The van der Waals surface area contributed by atoms with Crippen LogP contribution in [0.5, 0.6) is 0 Å². The molecule has 0 radical (unpaired) electrons. The van der Waals surface area contributed by atoms with Crippen LogP contribution in [0.25, 0.3) is 5.65 Å². The Morgan fingerprint density at radius 1 is 1.24 bits per heavy atom. The van der Waals surface area contributed by atoms with Gasteiger partial charge in [0.25, 0.3) is 0 Å². The number of hydrogen-bond donors (Lipinski definition) is 0. The monoisotopic (exact) mass is 392 g/mol. The number of hydrogen-bond acceptors (Lipinski definition) is 5. The second-order valence-electron chi connectivity index (χ2n) is 7.02. The van der Waals surface area contributed by atoms with Crippen LogP contribution in [0.1, 0.15) is 31.1 Å². The van der Waals surface area contributed by atoms with Gasteiger partial charge < -0.3 is 4.90 Å². The van der Waals surface area contributed by atoms with Gasteiger partial charge in [-0.15, -0.1) is 10.2 Å². The van der Waals surface area contributed by atoms with E-state index >= 15 is 0 Å². The van der Waals surface area contributed by atoms with Gasteiger partial charge >= 0.3 is 0 Å². The summed E-state index contributed by atoms with van der Waals surface area (Å²) in [7, 11) is 0. The molecule has 1 atom stereocenters. The largest absolute Gasteiger partial charge is 0.308 e. The molecule has 148 valence electrons. The fourth-order valence-electron chi connectivity index (χ4n) is 3.87. The third-order valence-electron chi connectivity index (χ3n) is 5.23. The van der Waals surface area contributed by atoms with Crippen molar-refractivity contribution in [3.05, 3.63) is 60.3 Å². The molecule has 0 bridgehead atoms. The minimum Gasteiger partial charge on any atom is -0.308 e. The van der Waals surface area contributed by atoms with Crippen LogP contribution in [0.2, 0.25) is 0 Å². The lowest BCUT2D eigenvalue weighted by molar-refractivity contribution is -0.120. The molecule has 29 heavy (non-hydrogen) atoms. The quantitative estimate of drug-likeness (QED) is 0.645. The second-order valence-corrected chi connectivity index (χ2v) is 7.02. The summed E-state index contributed by atoms with van der Waals surface area (Å²) in [4.78, 5) is 16.5. The number of carbonyl (C=O) groups excluding carboxylic acids is 1.